The molecular weight excluding hydrogens is 508 g/mol. The van der Waals surface area contributed by atoms with E-state index in [0.29, 0.717) is 59.0 Å². The number of nitrogens with one attached hydrogen (secondary N) is 2. The number of nitriles is 2. The maximum Gasteiger partial charge on any atom is 0.407 e. The summed E-state index contributed by atoms with van der Waals surface area (Å²) in [5.41, 5.74) is 1.85. The molecule has 0 bridgehead atoms. The van der Waals surface area contributed by atoms with Crippen molar-refractivity contribution in [1.82, 2.24) is 24.5 Å². The summed E-state index contributed by atoms with van der Waals surface area (Å²) in [4.78, 5) is 23.9. The number of hydrogen-bond acceptors (Lipinski definition) is 9. The van der Waals surface area contributed by atoms with Crippen LogP contribution in [0.5, 0.6) is 0 Å². The van der Waals surface area contributed by atoms with Crippen molar-refractivity contribution in [1.29, 1.82) is 10.5 Å². The highest BCUT2D eigenvalue weighted by Gasteiger charge is 2.40. The molecule has 38 heavy (non-hydrogen) atoms. The molecule has 2 fully saturated rings. The second kappa shape index (κ2) is 9.54. The van der Waals surface area contributed by atoms with Gasteiger partial charge in [0.2, 0.25) is 5.95 Å². The molecule has 3 aromatic rings. The summed E-state index contributed by atoms with van der Waals surface area (Å²) in [6.45, 7) is 5.17. The summed E-state index contributed by atoms with van der Waals surface area (Å²) >= 11 is 6.89. The number of benzene rings is 1. The van der Waals surface area contributed by atoms with Crippen LogP contribution >= 0.6 is 11.6 Å². The van der Waals surface area contributed by atoms with Crippen molar-refractivity contribution in [2.45, 2.75) is 45.2 Å². The number of imidazole rings is 1. The Labute approximate surface area is 224 Å². The number of rotatable bonds is 6. The van der Waals surface area contributed by atoms with E-state index in [4.69, 9.17) is 11.6 Å². The van der Waals surface area contributed by atoms with E-state index in [9.17, 15) is 20.4 Å². The fourth-order valence-corrected chi connectivity index (χ4v) is 5.32. The first-order valence-electron chi connectivity index (χ1n) is 12.2. The molecule has 1 aromatic carbocycles. The third-order valence-corrected chi connectivity index (χ3v) is 7.50. The summed E-state index contributed by atoms with van der Waals surface area (Å²) in [6, 6.07) is 7.78. The van der Waals surface area contributed by atoms with Gasteiger partial charge in [0.1, 0.15) is 6.07 Å². The molecule has 196 valence electrons. The van der Waals surface area contributed by atoms with E-state index >= 15 is 0 Å². The van der Waals surface area contributed by atoms with Gasteiger partial charge < -0.3 is 25.5 Å². The Hall–Kier alpha value is -4.29. The Morgan fingerprint density at radius 3 is 2.66 bits per heavy atom. The summed E-state index contributed by atoms with van der Waals surface area (Å²) in [7, 11) is 1.59. The standard InChI is InChI=1S/C25H27ClN10O2/c1-25(2)13-35(7-6-19(25)34(3)24(37)38)18-9-14(10-27)8-17(20(18)26)31-23-32-21(30-15-4-5-15)22-29-12-16(11-28)36(22)33-23/h8-9,12,15,19H,4-7,13H2,1-3H3,(H,37,38)(H2,30,31,32,33). The van der Waals surface area contributed by atoms with Crippen LogP contribution in [-0.2, 0) is 0 Å². The molecule has 1 saturated heterocycles. The van der Waals surface area contributed by atoms with Gasteiger partial charge in [0.05, 0.1) is 34.2 Å². The fraction of sp³-hybridized carbons (Fsp3) is 0.440. The Morgan fingerprint density at radius 2 is 2.03 bits per heavy atom. The highest BCUT2D eigenvalue weighted by molar-refractivity contribution is 6.36. The number of anilines is 4. The van der Waals surface area contributed by atoms with Crippen molar-refractivity contribution in [2.24, 2.45) is 5.41 Å². The van der Waals surface area contributed by atoms with Crippen LogP contribution in [-0.4, -0.2) is 67.9 Å². The molecule has 5 rings (SSSR count). The molecular formula is C25H27ClN10O2. The van der Waals surface area contributed by atoms with Crippen LogP contribution in [0.15, 0.2) is 18.3 Å². The summed E-state index contributed by atoms with van der Waals surface area (Å²) in [6.07, 6.45) is 3.15. The van der Waals surface area contributed by atoms with Crippen LogP contribution in [0.1, 0.15) is 44.4 Å². The third-order valence-electron chi connectivity index (χ3n) is 7.11. The zero-order valence-corrected chi connectivity index (χ0v) is 22.0. The second-order valence-corrected chi connectivity index (χ2v) is 10.8. The number of amides is 1. The minimum Gasteiger partial charge on any atom is -0.465 e. The van der Waals surface area contributed by atoms with E-state index in [-0.39, 0.29) is 23.1 Å². The molecule has 0 radical (unpaired) electrons. The molecule has 12 nitrogen and oxygen atoms in total. The largest absolute Gasteiger partial charge is 0.465 e. The SMILES string of the molecule is CN(C(=O)O)C1CCN(c2cc(C#N)cc(Nc3nc(NC4CC4)c4ncc(C#N)n4n3)c2Cl)CC1(C)C. The van der Waals surface area contributed by atoms with Gasteiger partial charge in [-0.3, -0.25) is 0 Å². The Bertz CT molecular complexity index is 1500. The van der Waals surface area contributed by atoms with E-state index in [1.807, 2.05) is 13.8 Å². The van der Waals surface area contributed by atoms with Gasteiger partial charge in [-0.05, 0) is 31.4 Å². The first kappa shape index (κ1) is 25.4. The summed E-state index contributed by atoms with van der Waals surface area (Å²) in [5.74, 6) is 0.700. The predicted molar refractivity (Wildman–Crippen MR) is 142 cm³/mol. The van der Waals surface area contributed by atoms with E-state index in [1.54, 1.807) is 19.2 Å². The predicted octanol–water partition coefficient (Wildman–Crippen LogP) is 4.05. The van der Waals surface area contributed by atoms with Gasteiger partial charge in [0.15, 0.2) is 17.2 Å². The van der Waals surface area contributed by atoms with Crippen molar-refractivity contribution < 1.29 is 9.90 Å². The number of hydrogen-bond donors (Lipinski definition) is 3. The Kier molecular flexibility index (Phi) is 6.37. The van der Waals surface area contributed by atoms with Crippen molar-refractivity contribution >= 4 is 46.5 Å². The topological polar surface area (TPSA) is 158 Å². The molecule has 1 amide bonds. The summed E-state index contributed by atoms with van der Waals surface area (Å²) in [5, 5.41) is 40.1. The number of piperidine rings is 1. The molecule has 1 aliphatic carbocycles. The highest BCUT2D eigenvalue weighted by atomic mass is 35.5. The van der Waals surface area contributed by atoms with Crippen LogP contribution in [0, 0.1) is 28.1 Å². The van der Waals surface area contributed by atoms with Gasteiger partial charge in [0.25, 0.3) is 0 Å². The molecule has 3 heterocycles. The average Bonchev–Trinajstić information content (AvgIpc) is 3.60. The molecule has 1 saturated carbocycles. The second-order valence-electron chi connectivity index (χ2n) is 10.4. The lowest BCUT2D eigenvalue weighted by molar-refractivity contribution is 0.0791. The molecule has 1 aliphatic heterocycles. The van der Waals surface area contributed by atoms with E-state index in [1.165, 1.54) is 15.6 Å². The number of carboxylic acid groups (broad SMARTS) is 1. The lowest BCUT2D eigenvalue weighted by atomic mass is 9.78. The Balaban J connectivity index is 1.49. The normalized spacial score (nSPS) is 18.5. The minimum atomic E-state index is -0.961. The highest BCUT2D eigenvalue weighted by Crippen LogP contribution is 2.41. The molecule has 2 aromatic heterocycles. The van der Waals surface area contributed by atoms with Gasteiger partial charge in [-0.15, -0.1) is 5.10 Å². The Morgan fingerprint density at radius 1 is 1.26 bits per heavy atom. The number of halogens is 1. The number of fused-ring (bicyclic) bond motifs is 1. The van der Waals surface area contributed by atoms with E-state index < -0.39 is 6.09 Å². The van der Waals surface area contributed by atoms with Gasteiger partial charge >= 0.3 is 6.09 Å². The number of carbonyl (C=O) groups is 1. The lowest BCUT2D eigenvalue weighted by Crippen LogP contribution is -2.56. The van der Waals surface area contributed by atoms with Gasteiger partial charge in [-0.2, -0.15) is 20.0 Å². The van der Waals surface area contributed by atoms with Crippen molar-refractivity contribution in [3.8, 4) is 12.1 Å². The minimum absolute atomic E-state index is 0.159. The first-order chi connectivity index (χ1) is 18.1. The average molecular weight is 535 g/mol. The van der Waals surface area contributed by atoms with Gasteiger partial charge in [0, 0.05) is 37.6 Å². The smallest absolute Gasteiger partial charge is 0.407 e. The van der Waals surface area contributed by atoms with Crippen LogP contribution in [0.2, 0.25) is 5.02 Å². The molecule has 0 spiro atoms. The molecule has 13 heteroatoms. The van der Waals surface area contributed by atoms with Crippen LogP contribution in [0.25, 0.3) is 5.65 Å². The molecule has 1 unspecified atom stereocenters. The lowest BCUT2D eigenvalue weighted by Gasteiger charge is -2.48. The number of aromatic nitrogens is 4. The molecule has 1 atom stereocenters. The van der Waals surface area contributed by atoms with Crippen LogP contribution < -0.4 is 15.5 Å². The van der Waals surface area contributed by atoms with Crippen molar-refractivity contribution in [3.63, 3.8) is 0 Å². The van der Waals surface area contributed by atoms with Gasteiger partial charge in [-0.1, -0.05) is 25.4 Å². The summed E-state index contributed by atoms with van der Waals surface area (Å²) < 4.78 is 1.43. The zero-order valence-electron chi connectivity index (χ0n) is 21.2. The maximum atomic E-state index is 11.6. The van der Waals surface area contributed by atoms with Crippen LogP contribution in [0.4, 0.5) is 27.9 Å². The quantitative estimate of drug-likeness (QED) is 0.421. The van der Waals surface area contributed by atoms with Crippen molar-refractivity contribution in [2.75, 3.05) is 35.7 Å². The zero-order chi connectivity index (χ0) is 27.2. The monoisotopic (exact) mass is 534 g/mol. The molecule has 3 N–H and O–H groups in total. The fourth-order valence-electron chi connectivity index (χ4n) is 5.05. The number of nitrogens with zero attached hydrogens (tertiary/aromatic N) is 8. The van der Waals surface area contributed by atoms with E-state index in [2.05, 4.69) is 42.7 Å². The first-order valence-corrected chi connectivity index (χ1v) is 12.6. The van der Waals surface area contributed by atoms with Crippen molar-refractivity contribution in [3.05, 3.63) is 34.6 Å². The van der Waals surface area contributed by atoms with Crippen LogP contribution in [0.3, 0.4) is 0 Å². The molecule has 2 aliphatic rings. The maximum absolute atomic E-state index is 11.6. The van der Waals surface area contributed by atoms with E-state index in [0.717, 1.165) is 12.8 Å². The third kappa shape index (κ3) is 4.71. The van der Waals surface area contributed by atoms with Gasteiger partial charge in [-0.25, -0.2) is 9.78 Å².